The highest BCUT2D eigenvalue weighted by atomic mass is 35.5. The molecule has 0 aliphatic rings. The number of halogens is 4. The minimum absolute atomic E-state index is 0.0628. The van der Waals surface area contributed by atoms with Crippen LogP contribution in [0.2, 0.25) is 5.02 Å². The summed E-state index contributed by atoms with van der Waals surface area (Å²) in [4.78, 5) is 22.4. The molecule has 0 atom stereocenters. The Bertz CT molecular complexity index is 1290. The lowest BCUT2D eigenvalue weighted by Crippen LogP contribution is -2.12. The summed E-state index contributed by atoms with van der Waals surface area (Å²) in [6.45, 7) is 0. The molecule has 0 saturated heterocycles. The number of amides is 1. The first-order chi connectivity index (χ1) is 14.7. The van der Waals surface area contributed by atoms with Gasteiger partial charge < -0.3 is 20.8 Å². The zero-order valence-corrected chi connectivity index (χ0v) is 16.3. The number of nitrogens with zero attached hydrogens (tertiary/aromatic N) is 2. The van der Waals surface area contributed by atoms with E-state index in [-0.39, 0.29) is 22.4 Å². The topological polar surface area (TPSA) is 106 Å². The fraction of sp³-hybridized carbons (Fsp3) is 0.0500. The molecule has 7 nitrogen and oxygen atoms in total. The van der Waals surface area contributed by atoms with Gasteiger partial charge in [0, 0.05) is 24.0 Å². The average Bonchev–Trinajstić information content (AvgIpc) is 3.10. The summed E-state index contributed by atoms with van der Waals surface area (Å²) in [5.41, 5.74) is 5.64. The van der Waals surface area contributed by atoms with E-state index in [0.717, 1.165) is 12.1 Å². The maximum Gasteiger partial charge on any atom is 0.417 e. The third-order valence-electron chi connectivity index (χ3n) is 4.21. The van der Waals surface area contributed by atoms with Crippen molar-refractivity contribution < 1.29 is 22.7 Å². The fourth-order valence-corrected chi connectivity index (χ4v) is 3.04. The number of aromatic nitrogens is 3. The van der Waals surface area contributed by atoms with Crippen LogP contribution in [0.4, 0.5) is 24.8 Å². The van der Waals surface area contributed by atoms with Crippen LogP contribution in [-0.4, -0.2) is 20.9 Å². The number of hydrogen-bond donors (Lipinski definition) is 3. The lowest BCUT2D eigenvalue weighted by atomic mass is 10.2. The van der Waals surface area contributed by atoms with Gasteiger partial charge in [-0.1, -0.05) is 11.6 Å². The number of aromatic amines is 1. The fourth-order valence-electron chi connectivity index (χ4n) is 2.81. The van der Waals surface area contributed by atoms with Crippen LogP contribution in [-0.2, 0) is 6.18 Å². The summed E-state index contributed by atoms with van der Waals surface area (Å²) in [6, 6.07) is 11.4. The van der Waals surface area contributed by atoms with Crippen LogP contribution in [0.15, 0.2) is 54.7 Å². The quantitative estimate of drug-likeness (QED) is 0.386. The Morgan fingerprint density at radius 3 is 2.61 bits per heavy atom. The van der Waals surface area contributed by atoms with Crippen molar-refractivity contribution in [2.45, 2.75) is 6.18 Å². The zero-order chi connectivity index (χ0) is 22.2. The van der Waals surface area contributed by atoms with Crippen molar-refractivity contribution in [3.8, 4) is 11.5 Å². The van der Waals surface area contributed by atoms with Gasteiger partial charge in [-0.2, -0.15) is 13.2 Å². The lowest BCUT2D eigenvalue weighted by Gasteiger charge is -2.11. The maximum atomic E-state index is 13.0. The van der Waals surface area contributed by atoms with Crippen LogP contribution in [0.25, 0.3) is 11.0 Å². The molecular weight excluding hydrogens is 435 g/mol. The average molecular weight is 448 g/mol. The van der Waals surface area contributed by atoms with Gasteiger partial charge in [-0.25, -0.2) is 4.98 Å². The number of hydrogen-bond acceptors (Lipinski definition) is 5. The standard InChI is InChI=1S/C20H13ClF3N5O2/c21-14-3-1-10(7-13(14)20(22,23)24)27-19-28-15-4-2-11(8-16(15)29-19)31-12-5-6-26-17(9-12)18(25)30/h1-9H,(H2,25,30)(H2,27,28,29). The molecule has 1 amide bonds. The number of H-pyrrole nitrogens is 1. The second-order valence-electron chi connectivity index (χ2n) is 6.42. The summed E-state index contributed by atoms with van der Waals surface area (Å²) in [5, 5.41) is 2.41. The highest BCUT2D eigenvalue weighted by Crippen LogP contribution is 2.36. The third-order valence-corrected chi connectivity index (χ3v) is 4.54. The molecule has 0 saturated carbocycles. The van der Waals surface area contributed by atoms with Crippen LogP contribution in [0.3, 0.4) is 0 Å². The van der Waals surface area contributed by atoms with Crippen molar-refractivity contribution in [3.63, 3.8) is 0 Å². The van der Waals surface area contributed by atoms with Crippen molar-refractivity contribution in [1.82, 2.24) is 15.0 Å². The molecule has 0 aliphatic carbocycles. The normalized spacial score (nSPS) is 11.5. The molecule has 0 aliphatic heterocycles. The van der Waals surface area contributed by atoms with Gasteiger partial charge in [-0.3, -0.25) is 9.78 Å². The number of fused-ring (bicyclic) bond motifs is 1. The number of carbonyl (C=O) groups excluding carboxylic acids is 1. The molecule has 2 aromatic heterocycles. The van der Waals surface area contributed by atoms with E-state index < -0.39 is 17.6 Å². The molecule has 0 fully saturated rings. The Balaban J connectivity index is 1.57. The summed E-state index contributed by atoms with van der Waals surface area (Å²) in [5.74, 6) is 0.362. The molecule has 31 heavy (non-hydrogen) atoms. The number of ether oxygens (including phenoxy) is 1. The van der Waals surface area contributed by atoms with E-state index in [0.29, 0.717) is 22.5 Å². The van der Waals surface area contributed by atoms with Crippen molar-refractivity contribution in [1.29, 1.82) is 0 Å². The molecule has 4 N–H and O–H groups in total. The number of imidazole rings is 1. The van der Waals surface area contributed by atoms with Gasteiger partial charge in [0.2, 0.25) is 5.95 Å². The summed E-state index contributed by atoms with van der Waals surface area (Å²) in [7, 11) is 0. The third kappa shape index (κ3) is 4.53. The maximum absolute atomic E-state index is 13.0. The summed E-state index contributed by atoms with van der Waals surface area (Å²) < 4.78 is 44.9. The van der Waals surface area contributed by atoms with E-state index in [9.17, 15) is 18.0 Å². The van der Waals surface area contributed by atoms with Gasteiger partial charge in [-0.05, 0) is 36.4 Å². The van der Waals surface area contributed by atoms with E-state index in [1.807, 2.05) is 0 Å². The number of anilines is 2. The molecule has 4 rings (SSSR count). The van der Waals surface area contributed by atoms with Crippen molar-refractivity contribution >= 4 is 40.2 Å². The first kappa shape index (κ1) is 20.5. The Kier molecular flexibility index (Phi) is 5.15. The first-order valence-electron chi connectivity index (χ1n) is 8.76. The Morgan fingerprint density at radius 2 is 1.87 bits per heavy atom. The molecule has 0 unspecified atom stereocenters. The number of primary amides is 1. The van der Waals surface area contributed by atoms with Crippen molar-refractivity contribution in [2.24, 2.45) is 5.73 Å². The van der Waals surface area contributed by atoms with Gasteiger partial charge in [0.15, 0.2) is 0 Å². The number of alkyl halides is 3. The molecule has 0 radical (unpaired) electrons. The number of nitrogens with one attached hydrogen (secondary N) is 2. The van der Waals surface area contributed by atoms with Crippen LogP contribution >= 0.6 is 11.6 Å². The first-order valence-corrected chi connectivity index (χ1v) is 9.14. The van der Waals surface area contributed by atoms with Gasteiger partial charge in [0.25, 0.3) is 5.91 Å². The zero-order valence-electron chi connectivity index (χ0n) is 15.5. The van der Waals surface area contributed by atoms with Crippen molar-refractivity contribution in [3.05, 3.63) is 71.0 Å². The predicted octanol–water partition coefficient (Wildman–Crippen LogP) is 5.26. The number of carbonyl (C=O) groups is 1. The SMILES string of the molecule is NC(=O)c1cc(Oc2ccc3nc(Nc4ccc(Cl)c(C(F)(F)F)c4)[nH]c3c2)ccn1. The highest BCUT2D eigenvalue weighted by Gasteiger charge is 2.33. The summed E-state index contributed by atoms with van der Waals surface area (Å²) in [6.07, 6.45) is -3.18. The predicted molar refractivity (Wildman–Crippen MR) is 109 cm³/mol. The molecule has 158 valence electrons. The van der Waals surface area contributed by atoms with E-state index in [1.54, 1.807) is 24.3 Å². The van der Waals surface area contributed by atoms with Crippen LogP contribution < -0.4 is 15.8 Å². The number of nitrogens with two attached hydrogens (primary N) is 1. The monoisotopic (exact) mass is 447 g/mol. The molecule has 2 aromatic carbocycles. The number of rotatable bonds is 5. The van der Waals surface area contributed by atoms with Gasteiger partial charge >= 0.3 is 6.18 Å². The molecular formula is C20H13ClF3N5O2. The largest absolute Gasteiger partial charge is 0.457 e. The molecule has 0 bridgehead atoms. The van der Waals surface area contributed by atoms with Crippen LogP contribution in [0.1, 0.15) is 16.1 Å². The molecule has 0 spiro atoms. The Hall–Kier alpha value is -3.79. The Labute approximate surface area is 178 Å². The molecule has 2 heterocycles. The van der Waals surface area contributed by atoms with Crippen molar-refractivity contribution in [2.75, 3.05) is 5.32 Å². The lowest BCUT2D eigenvalue weighted by molar-refractivity contribution is -0.137. The second kappa shape index (κ2) is 7.80. The van der Waals surface area contributed by atoms with Gasteiger partial charge in [-0.15, -0.1) is 0 Å². The minimum atomic E-state index is -4.57. The minimum Gasteiger partial charge on any atom is -0.457 e. The van der Waals surface area contributed by atoms with E-state index in [4.69, 9.17) is 22.1 Å². The second-order valence-corrected chi connectivity index (χ2v) is 6.83. The Morgan fingerprint density at radius 1 is 1.10 bits per heavy atom. The van der Waals surface area contributed by atoms with E-state index in [1.165, 1.54) is 18.3 Å². The van der Waals surface area contributed by atoms with Gasteiger partial charge in [0.05, 0.1) is 21.6 Å². The van der Waals surface area contributed by atoms with Crippen LogP contribution in [0.5, 0.6) is 11.5 Å². The smallest absolute Gasteiger partial charge is 0.417 e. The van der Waals surface area contributed by atoms with E-state index >= 15 is 0 Å². The number of pyridine rings is 1. The molecule has 11 heteroatoms. The highest BCUT2D eigenvalue weighted by molar-refractivity contribution is 6.31. The van der Waals surface area contributed by atoms with Crippen LogP contribution in [0, 0.1) is 0 Å². The summed E-state index contributed by atoms with van der Waals surface area (Å²) >= 11 is 5.64. The van der Waals surface area contributed by atoms with E-state index in [2.05, 4.69) is 20.3 Å². The molecule has 4 aromatic rings. The number of benzene rings is 2. The van der Waals surface area contributed by atoms with Gasteiger partial charge in [0.1, 0.15) is 17.2 Å².